The number of benzene rings is 1. The lowest BCUT2D eigenvalue weighted by atomic mass is 10.2. The molecule has 0 saturated heterocycles. The number of aromatic hydroxyl groups is 1. The standard InChI is InChI=1S/C11H13NO3/c1-14-6-7-15-12-5-4-9-8-10(13)2-3-11(9)12/h2-5,8,13H,6-7H2,1H3. The molecular formula is C11H13NO3. The second-order valence-corrected chi connectivity index (χ2v) is 3.21. The van der Waals surface area contributed by atoms with Gasteiger partial charge in [-0.1, -0.05) is 0 Å². The molecular weight excluding hydrogens is 194 g/mol. The number of phenols is 1. The fraction of sp³-hybridized carbons (Fsp3) is 0.273. The zero-order chi connectivity index (χ0) is 10.7. The molecule has 0 unspecified atom stereocenters. The van der Waals surface area contributed by atoms with Crippen molar-refractivity contribution >= 4 is 10.9 Å². The lowest BCUT2D eigenvalue weighted by Gasteiger charge is -2.07. The summed E-state index contributed by atoms with van der Waals surface area (Å²) in [5.74, 6) is 0.261. The van der Waals surface area contributed by atoms with Gasteiger partial charge in [0.05, 0.1) is 12.1 Å². The summed E-state index contributed by atoms with van der Waals surface area (Å²) in [5, 5.41) is 10.2. The summed E-state index contributed by atoms with van der Waals surface area (Å²) in [7, 11) is 1.63. The Balaban J connectivity index is 2.21. The minimum absolute atomic E-state index is 0.261. The van der Waals surface area contributed by atoms with Gasteiger partial charge >= 0.3 is 0 Å². The summed E-state index contributed by atoms with van der Waals surface area (Å²) in [6, 6.07) is 7.04. The molecule has 0 aliphatic carbocycles. The normalized spacial score (nSPS) is 10.7. The summed E-state index contributed by atoms with van der Waals surface area (Å²) in [4.78, 5) is 5.45. The Hall–Kier alpha value is -1.68. The van der Waals surface area contributed by atoms with Crippen molar-refractivity contribution in [3.05, 3.63) is 30.5 Å². The quantitative estimate of drug-likeness (QED) is 0.771. The van der Waals surface area contributed by atoms with E-state index in [2.05, 4.69) is 0 Å². The molecule has 80 valence electrons. The number of hydrogen-bond donors (Lipinski definition) is 1. The fourth-order valence-corrected chi connectivity index (χ4v) is 1.44. The molecule has 1 aromatic carbocycles. The van der Waals surface area contributed by atoms with Gasteiger partial charge in [0, 0.05) is 18.7 Å². The van der Waals surface area contributed by atoms with E-state index >= 15 is 0 Å². The third-order valence-corrected chi connectivity index (χ3v) is 2.16. The number of fused-ring (bicyclic) bond motifs is 1. The SMILES string of the molecule is COCCOn1ccc2cc(O)ccc21. The van der Waals surface area contributed by atoms with Gasteiger partial charge in [0.15, 0.2) is 0 Å². The van der Waals surface area contributed by atoms with Crippen LogP contribution in [0, 0.1) is 0 Å². The fourth-order valence-electron chi connectivity index (χ4n) is 1.44. The van der Waals surface area contributed by atoms with E-state index in [4.69, 9.17) is 9.57 Å². The van der Waals surface area contributed by atoms with E-state index < -0.39 is 0 Å². The number of rotatable bonds is 4. The molecule has 1 N–H and O–H groups in total. The van der Waals surface area contributed by atoms with Crippen LogP contribution in [0.1, 0.15) is 0 Å². The smallest absolute Gasteiger partial charge is 0.138 e. The van der Waals surface area contributed by atoms with Crippen LogP contribution in [-0.2, 0) is 4.74 Å². The van der Waals surface area contributed by atoms with Crippen molar-refractivity contribution in [1.82, 2.24) is 4.73 Å². The molecule has 15 heavy (non-hydrogen) atoms. The molecule has 4 nitrogen and oxygen atoms in total. The first-order valence-electron chi connectivity index (χ1n) is 4.73. The van der Waals surface area contributed by atoms with Gasteiger partial charge in [0.25, 0.3) is 0 Å². The summed E-state index contributed by atoms with van der Waals surface area (Å²) in [6.07, 6.45) is 1.82. The second kappa shape index (κ2) is 4.23. The predicted octanol–water partition coefficient (Wildman–Crippen LogP) is 1.42. The zero-order valence-corrected chi connectivity index (χ0v) is 8.51. The molecule has 0 amide bonds. The minimum Gasteiger partial charge on any atom is -0.508 e. The number of aromatic nitrogens is 1. The van der Waals surface area contributed by atoms with E-state index in [0.717, 1.165) is 10.9 Å². The molecule has 0 atom stereocenters. The Kier molecular flexibility index (Phi) is 2.78. The first-order valence-corrected chi connectivity index (χ1v) is 4.73. The Morgan fingerprint density at radius 3 is 2.93 bits per heavy atom. The predicted molar refractivity (Wildman–Crippen MR) is 56.9 cm³/mol. The monoisotopic (exact) mass is 207 g/mol. The highest BCUT2D eigenvalue weighted by Crippen LogP contribution is 2.19. The highest BCUT2D eigenvalue weighted by atomic mass is 16.7. The molecule has 1 heterocycles. The van der Waals surface area contributed by atoms with Gasteiger partial charge in [0.2, 0.25) is 0 Å². The van der Waals surface area contributed by atoms with Crippen LogP contribution in [0.5, 0.6) is 5.75 Å². The second-order valence-electron chi connectivity index (χ2n) is 3.21. The van der Waals surface area contributed by atoms with Gasteiger partial charge in [-0.2, -0.15) is 4.73 Å². The maximum absolute atomic E-state index is 9.28. The van der Waals surface area contributed by atoms with Gasteiger partial charge < -0.3 is 14.7 Å². The Morgan fingerprint density at radius 1 is 1.27 bits per heavy atom. The minimum atomic E-state index is 0.261. The van der Waals surface area contributed by atoms with Crippen LogP contribution in [0.2, 0.25) is 0 Å². The van der Waals surface area contributed by atoms with Gasteiger partial charge in [-0.15, -0.1) is 0 Å². The summed E-state index contributed by atoms with van der Waals surface area (Å²) in [5.41, 5.74) is 0.934. The van der Waals surface area contributed by atoms with Crippen LogP contribution in [0.4, 0.5) is 0 Å². The van der Waals surface area contributed by atoms with Crippen molar-refractivity contribution in [1.29, 1.82) is 0 Å². The Morgan fingerprint density at radius 2 is 2.13 bits per heavy atom. The number of phenolic OH excluding ortho intramolecular Hbond substituents is 1. The highest BCUT2D eigenvalue weighted by Gasteiger charge is 2.01. The van der Waals surface area contributed by atoms with Crippen LogP contribution in [0.3, 0.4) is 0 Å². The van der Waals surface area contributed by atoms with Crippen molar-refractivity contribution in [2.24, 2.45) is 0 Å². The molecule has 2 rings (SSSR count). The van der Waals surface area contributed by atoms with Gasteiger partial charge in [0.1, 0.15) is 12.4 Å². The molecule has 0 radical (unpaired) electrons. The van der Waals surface area contributed by atoms with E-state index in [-0.39, 0.29) is 5.75 Å². The summed E-state index contributed by atoms with van der Waals surface area (Å²) < 4.78 is 6.57. The van der Waals surface area contributed by atoms with Crippen LogP contribution in [0.15, 0.2) is 30.5 Å². The van der Waals surface area contributed by atoms with E-state index in [0.29, 0.717) is 13.2 Å². The maximum Gasteiger partial charge on any atom is 0.138 e. The van der Waals surface area contributed by atoms with E-state index in [1.807, 2.05) is 18.3 Å². The van der Waals surface area contributed by atoms with Crippen molar-refractivity contribution in [2.75, 3.05) is 20.3 Å². The van der Waals surface area contributed by atoms with Crippen LogP contribution < -0.4 is 4.84 Å². The Labute approximate surface area is 87.6 Å². The van der Waals surface area contributed by atoms with Crippen LogP contribution in [0.25, 0.3) is 10.9 Å². The molecule has 0 bridgehead atoms. The lowest BCUT2D eigenvalue weighted by molar-refractivity contribution is 0.0639. The number of hydrogen-bond acceptors (Lipinski definition) is 3. The molecule has 2 aromatic rings. The van der Waals surface area contributed by atoms with Crippen molar-refractivity contribution < 1.29 is 14.7 Å². The molecule has 0 aliphatic rings. The third-order valence-electron chi connectivity index (χ3n) is 2.16. The van der Waals surface area contributed by atoms with Crippen LogP contribution >= 0.6 is 0 Å². The van der Waals surface area contributed by atoms with Crippen LogP contribution in [-0.4, -0.2) is 30.2 Å². The largest absolute Gasteiger partial charge is 0.508 e. The average molecular weight is 207 g/mol. The number of methoxy groups -OCH3 is 1. The Bertz CT molecular complexity index is 450. The van der Waals surface area contributed by atoms with E-state index in [9.17, 15) is 5.11 Å². The van der Waals surface area contributed by atoms with Gasteiger partial charge in [-0.05, 0) is 24.3 Å². The zero-order valence-electron chi connectivity index (χ0n) is 8.51. The van der Waals surface area contributed by atoms with Crippen molar-refractivity contribution in [3.8, 4) is 5.75 Å². The molecule has 0 saturated carbocycles. The highest BCUT2D eigenvalue weighted by molar-refractivity contribution is 5.81. The third kappa shape index (κ3) is 2.05. The van der Waals surface area contributed by atoms with Gasteiger partial charge in [-0.3, -0.25) is 0 Å². The first-order chi connectivity index (χ1) is 7.31. The molecule has 1 aromatic heterocycles. The molecule has 4 heteroatoms. The lowest BCUT2D eigenvalue weighted by Crippen LogP contribution is -2.14. The number of ether oxygens (including phenoxy) is 1. The van der Waals surface area contributed by atoms with Gasteiger partial charge in [-0.25, -0.2) is 0 Å². The summed E-state index contributed by atoms with van der Waals surface area (Å²) in [6.45, 7) is 1.05. The maximum atomic E-state index is 9.28. The number of nitrogens with zero attached hydrogens (tertiary/aromatic N) is 1. The molecule has 0 aliphatic heterocycles. The van der Waals surface area contributed by atoms with E-state index in [1.54, 1.807) is 24.0 Å². The topological polar surface area (TPSA) is 43.6 Å². The van der Waals surface area contributed by atoms with Crippen molar-refractivity contribution in [2.45, 2.75) is 0 Å². The molecule has 0 fully saturated rings. The average Bonchev–Trinajstić information content (AvgIpc) is 2.61. The summed E-state index contributed by atoms with van der Waals surface area (Å²) >= 11 is 0. The first kappa shape index (κ1) is 9.86. The molecule has 0 spiro atoms. The van der Waals surface area contributed by atoms with E-state index in [1.165, 1.54) is 0 Å². The van der Waals surface area contributed by atoms with Crippen molar-refractivity contribution in [3.63, 3.8) is 0 Å².